The number of benzene rings is 6. The zero-order valence-corrected chi connectivity index (χ0v) is 29.1. The van der Waals surface area contributed by atoms with E-state index < -0.39 is 0 Å². The summed E-state index contributed by atoms with van der Waals surface area (Å²) in [5.41, 5.74) is 9.97. The van der Waals surface area contributed by atoms with Crippen LogP contribution < -0.4 is 4.74 Å². The lowest BCUT2D eigenvalue weighted by Crippen LogP contribution is -2.24. The molecule has 1 aliphatic heterocycles. The van der Waals surface area contributed by atoms with Gasteiger partial charge in [-0.3, -0.25) is 0 Å². The molecule has 50 heavy (non-hydrogen) atoms. The second-order valence-electron chi connectivity index (χ2n) is 14.5. The molecule has 0 saturated carbocycles. The lowest BCUT2D eigenvalue weighted by atomic mass is 9.75. The number of hydrogen-bond donors (Lipinski definition) is 0. The van der Waals surface area contributed by atoms with Crippen LogP contribution in [0.25, 0.3) is 65.5 Å². The van der Waals surface area contributed by atoms with E-state index in [1.54, 1.807) is 0 Å². The molecule has 2 aromatic heterocycles. The van der Waals surface area contributed by atoms with E-state index in [-0.39, 0.29) is 10.8 Å². The van der Waals surface area contributed by atoms with E-state index in [9.17, 15) is 0 Å². The van der Waals surface area contributed by atoms with Crippen LogP contribution in [0.5, 0.6) is 11.5 Å². The van der Waals surface area contributed by atoms with E-state index >= 15 is 0 Å². The number of thiophene rings is 1. The Morgan fingerprint density at radius 3 is 1.92 bits per heavy atom. The van der Waals surface area contributed by atoms with Gasteiger partial charge in [0.15, 0.2) is 17.5 Å². The number of ether oxygens (including phenoxy) is 1. The van der Waals surface area contributed by atoms with Crippen LogP contribution in [0.2, 0.25) is 0 Å². The second-order valence-corrected chi connectivity index (χ2v) is 15.5. The number of rotatable bonds is 3. The van der Waals surface area contributed by atoms with Gasteiger partial charge >= 0.3 is 0 Å². The zero-order valence-electron chi connectivity index (χ0n) is 28.3. The van der Waals surface area contributed by atoms with Crippen LogP contribution in [0.3, 0.4) is 0 Å². The van der Waals surface area contributed by atoms with Gasteiger partial charge in [-0.1, -0.05) is 131 Å². The van der Waals surface area contributed by atoms with Crippen LogP contribution >= 0.6 is 11.3 Å². The van der Waals surface area contributed by atoms with Crippen molar-refractivity contribution >= 4 is 31.5 Å². The fourth-order valence-corrected chi connectivity index (χ4v) is 9.20. The van der Waals surface area contributed by atoms with Crippen molar-refractivity contribution in [3.63, 3.8) is 0 Å². The smallest absolute Gasteiger partial charge is 0.164 e. The average molecular weight is 664 g/mol. The Hall–Kier alpha value is -5.65. The molecular weight excluding hydrogens is 631 g/mol. The van der Waals surface area contributed by atoms with Crippen molar-refractivity contribution in [2.45, 2.75) is 38.5 Å². The van der Waals surface area contributed by atoms with Gasteiger partial charge < -0.3 is 4.74 Å². The van der Waals surface area contributed by atoms with E-state index in [2.05, 4.69) is 137 Å². The van der Waals surface area contributed by atoms with Crippen LogP contribution in [-0.2, 0) is 10.8 Å². The standard InChI is InChI=1S/C45H33N3OS/c1-44(2)32-16-10-8-14-29(32)30-20-18-27(24-35(30)44)42-46-41(26-12-6-5-7-13-26)47-43(48-42)28-19-21-33-36(25-28)49-40-34(45(33,3)4)22-23-38-39(40)31-15-9-11-17-37(31)50-38/h5-25H,1-4H3. The largest absolute Gasteiger partial charge is 0.456 e. The molecule has 240 valence electrons. The minimum Gasteiger partial charge on any atom is -0.456 e. The van der Waals surface area contributed by atoms with Gasteiger partial charge in [0.05, 0.1) is 0 Å². The highest BCUT2D eigenvalue weighted by Gasteiger charge is 2.37. The Labute approximate surface area is 295 Å². The summed E-state index contributed by atoms with van der Waals surface area (Å²) in [6.45, 7) is 9.18. The molecule has 0 spiro atoms. The summed E-state index contributed by atoms with van der Waals surface area (Å²) in [6, 6.07) is 45.1. The van der Waals surface area contributed by atoms with E-state index in [0.29, 0.717) is 17.5 Å². The summed E-state index contributed by atoms with van der Waals surface area (Å²) in [7, 11) is 0. The lowest BCUT2D eigenvalue weighted by Gasteiger charge is -2.35. The Balaban J connectivity index is 1.13. The third kappa shape index (κ3) is 4.20. The summed E-state index contributed by atoms with van der Waals surface area (Å²) < 4.78 is 9.42. The van der Waals surface area contributed by atoms with E-state index in [1.807, 2.05) is 29.5 Å². The molecule has 0 atom stereocenters. The molecule has 0 fully saturated rings. The maximum Gasteiger partial charge on any atom is 0.164 e. The summed E-state index contributed by atoms with van der Waals surface area (Å²) >= 11 is 1.81. The molecule has 5 heteroatoms. The summed E-state index contributed by atoms with van der Waals surface area (Å²) in [4.78, 5) is 15.3. The summed E-state index contributed by atoms with van der Waals surface area (Å²) in [5, 5.41) is 2.41. The first-order valence-corrected chi connectivity index (χ1v) is 17.9. The van der Waals surface area contributed by atoms with Gasteiger partial charge in [0, 0.05) is 58.8 Å². The minimum atomic E-state index is -0.257. The van der Waals surface area contributed by atoms with Gasteiger partial charge in [-0.25, -0.2) is 15.0 Å². The normalized spacial score (nSPS) is 14.9. The molecule has 0 saturated heterocycles. The van der Waals surface area contributed by atoms with E-state index in [1.165, 1.54) is 48.0 Å². The first-order chi connectivity index (χ1) is 24.3. The molecule has 8 aromatic rings. The van der Waals surface area contributed by atoms with Crippen molar-refractivity contribution in [2.24, 2.45) is 0 Å². The molecule has 0 bridgehead atoms. The molecule has 4 nitrogen and oxygen atoms in total. The first-order valence-electron chi connectivity index (χ1n) is 17.1. The summed E-state index contributed by atoms with van der Waals surface area (Å²) in [6.07, 6.45) is 0. The Kier molecular flexibility index (Phi) is 6.11. The van der Waals surface area contributed by atoms with Gasteiger partial charge in [0.1, 0.15) is 11.5 Å². The van der Waals surface area contributed by atoms with Crippen LogP contribution in [0.15, 0.2) is 127 Å². The fourth-order valence-electron chi connectivity index (χ4n) is 8.09. The predicted octanol–water partition coefficient (Wildman–Crippen LogP) is 12.0. The Bertz CT molecular complexity index is 2690. The van der Waals surface area contributed by atoms with E-state index in [0.717, 1.165) is 33.8 Å². The number of nitrogens with zero attached hydrogens (tertiary/aromatic N) is 3. The van der Waals surface area contributed by atoms with Crippen LogP contribution in [-0.4, -0.2) is 15.0 Å². The van der Waals surface area contributed by atoms with Gasteiger partial charge in [0.2, 0.25) is 0 Å². The molecular formula is C45H33N3OS. The van der Waals surface area contributed by atoms with Crippen molar-refractivity contribution in [3.05, 3.63) is 150 Å². The molecule has 3 heterocycles. The lowest BCUT2D eigenvalue weighted by molar-refractivity contribution is 0.423. The Morgan fingerprint density at radius 2 is 1.10 bits per heavy atom. The number of hydrogen-bond acceptors (Lipinski definition) is 5. The highest BCUT2D eigenvalue weighted by molar-refractivity contribution is 7.25. The third-order valence-electron chi connectivity index (χ3n) is 10.8. The van der Waals surface area contributed by atoms with Gasteiger partial charge in [-0.05, 0) is 46.5 Å². The number of aromatic nitrogens is 3. The van der Waals surface area contributed by atoms with Gasteiger partial charge in [-0.15, -0.1) is 11.3 Å². The topological polar surface area (TPSA) is 47.9 Å². The average Bonchev–Trinajstić information content (AvgIpc) is 3.64. The van der Waals surface area contributed by atoms with Crippen molar-refractivity contribution in [1.29, 1.82) is 0 Å². The minimum absolute atomic E-state index is 0.127. The monoisotopic (exact) mass is 663 g/mol. The van der Waals surface area contributed by atoms with Crippen molar-refractivity contribution in [3.8, 4) is 56.8 Å². The van der Waals surface area contributed by atoms with Crippen LogP contribution in [0, 0.1) is 0 Å². The van der Waals surface area contributed by atoms with E-state index in [4.69, 9.17) is 19.7 Å². The highest BCUT2D eigenvalue weighted by Crippen LogP contribution is 2.54. The quantitative estimate of drug-likeness (QED) is 0.189. The summed E-state index contributed by atoms with van der Waals surface area (Å²) in [5.74, 6) is 3.69. The SMILES string of the molecule is CC1(C)c2ccccc2-c2ccc(-c3nc(-c4ccccc4)nc(-c4ccc5c(c4)Oc4c(ccc6sc7ccccc7c46)C5(C)C)n3)cc21. The van der Waals surface area contributed by atoms with Crippen molar-refractivity contribution in [1.82, 2.24) is 15.0 Å². The maximum absolute atomic E-state index is 6.92. The van der Waals surface area contributed by atoms with Gasteiger partial charge in [0.25, 0.3) is 0 Å². The predicted molar refractivity (Wildman–Crippen MR) is 205 cm³/mol. The highest BCUT2D eigenvalue weighted by atomic mass is 32.1. The zero-order chi connectivity index (χ0) is 33.8. The molecule has 1 aliphatic carbocycles. The fraction of sp³-hybridized carbons (Fsp3) is 0.133. The molecule has 10 rings (SSSR count). The van der Waals surface area contributed by atoms with Gasteiger partial charge in [-0.2, -0.15) is 0 Å². The molecule has 0 radical (unpaired) electrons. The maximum atomic E-state index is 6.92. The van der Waals surface area contributed by atoms with Crippen LogP contribution in [0.1, 0.15) is 49.9 Å². The molecule has 0 amide bonds. The third-order valence-corrected chi connectivity index (χ3v) is 11.9. The van der Waals surface area contributed by atoms with Crippen molar-refractivity contribution in [2.75, 3.05) is 0 Å². The first kappa shape index (κ1) is 29.3. The molecule has 2 aliphatic rings. The van der Waals surface area contributed by atoms with Crippen LogP contribution in [0.4, 0.5) is 0 Å². The molecule has 6 aromatic carbocycles. The molecule has 0 N–H and O–H groups in total. The number of fused-ring (bicyclic) bond motifs is 9. The van der Waals surface area contributed by atoms with Crippen molar-refractivity contribution < 1.29 is 4.74 Å². The Morgan fingerprint density at radius 1 is 0.480 bits per heavy atom. The second kappa shape index (κ2) is 10.4. The molecule has 0 unspecified atom stereocenters.